The number of nitrogens with one attached hydrogen (secondary N) is 1. The molecule has 2 aromatic heterocycles. The van der Waals surface area contributed by atoms with E-state index in [1.165, 1.54) is 0 Å². The van der Waals surface area contributed by atoms with Crippen molar-refractivity contribution in [1.82, 2.24) is 5.32 Å². The Bertz CT molecular complexity index is 857. The van der Waals surface area contributed by atoms with E-state index < -0.39 is 10.8 Å². The Morgan fingerprint density at radius 3 is 2.64 bits per heavy atom. The lowest BCUT2D eigenvalue weighted by Gasteiger charge is -2.02. The number of furan rings is 1. The molecule has 0 saturated carbocycles. The quantitative estimate of drug-likeness (QED) is 0.648. The van der Waals surface area contributed by atoms with Gasteiger partial charge in [0.15, 0.2) is 5.76 Å². The first-order chi connectivity index (χ1) is 12.1. The van der Waals surface area contributed by atoms with E-state index >= 15 is 0 Å². The van der Waals surface area contributed by atoms with Crippen molar-refractivity contribution in [3.8, 4) is 0 Å². The van der Waals surface area contributed by atoms with Crippen molar-refractivity contribution in [2.45, 2.75) is 18.1 Å². The summed E-state index contributed by atoms with van der Waals surface area (Å²) in [7, 11) is -1.12. The molecule has 1 aromatic carbocycles. The predicted molar refractivity (Wildman–Crippen MR) is 101 cm³/mol. The van der Waals surface area contributed by atoms with Crippen LogP contribution in [0.2, 0.25) is 5.02 Å². The maximum Gasteiger partial charge on any atom is 0.287 e. The van der Waals surface area contributed by atoms with Crippen molar-refractivity contribution in [2.24, 2.45) is 0 Å². The van der Waals surface area contributed by atoms with Gasteiger partial charge in [-0.15, -0.1) is 11.3 Å². The SMILES string of the molecule is O=C(NCc1cccs1)c1ccc(C[S@](=O)Cc2ccc(Cl)cc2)o1. The Kier molecular flexibility index (Phi) is 6.07. The largest absolute Gasteiger partial charge is 0.455 e. The molecule has 3 aromatic rings. The average Bonchev–Trinajstić information content (AvgIpc) is 3.26. The molecule has 4 nitrogen and oxygen atoms in total. The molecule has 0 unspecified atom stereocenters. The summed E-state index contributed by atoms with van der Waals surface area (Å²) in [6.07, 6.45) is 0. The summed E-state index contributed by atoms with van der Waals surface area (Å²) in [4.78, 5) is 13.1. The average molecular weight is 394 g/mol. The fourth-order valence-corrected chi connectivity index (χ4v) is 4.13. The second-order valence-electron chi connectivity index (χ2n) is 5.38. The third-order valence-corrected chi connectivity index (χ3v) is 5.82. The van der Waals surface area contributed by atoms with Crippen LogP contribution in [0.4, 0.5) is 0 Å². The standard InChI is InChI=1S/C18H16ClNO3S2/c19-14-5-3-13(4-6-14)11-25(22)12-15-7-8-17(23-15)18(21)20-10-16-2-1-9-24-16/h1-9H,10-12H2,(H,20,21)/t25-/m1/s1. The van der Waals surface area contributed by atoms with Gasteiger partial charge < -0.3 is 9.73 Å². The smallest absolute Gasteiger partial charge is 0.287 e. The first-order valence-electron chi connectivity index (χ1n) is 7.59. The molecule has 1 amide bonds. The van der Waals surface area contributed by atoms with E-state index in [9.17, 15) is 9.00 Å². The maximum absolute atomic E-state index is 12.2. The first-order valence-corrected chi connectivity index (χ1v) is 10.3. The van der Waals surface area contributed by atoms with Gasteiger partial charge in [0.25, 0.3) is 5.91 Å². The summed E-state index contributed by atoms with van der Waals surface area (Å²) in [6.45, 7) is 0.467. The highest BCUT2D eigenvalue weighted by molar-refractivity contribution is 7.83. The maximum atomic E-state index is 12.2. The zero-order valence-electron chi connectivity index (χ0n) is 13.2. The number of rotatable bonds is 7. The molecule has 25 heavy (non-hydrogen) atoms. The van der Waals surface area contributed by atoms with Crippen LogP contribution in [0.15, 0.2) is 58.3 Å². The normalized spacial score (nSPS) is 12.0. The van der Waals surface area contributed by atoms with Crippen LogP contribution in [-0.2, 0) is 28.9 Å². The number of amides is 1. The Labute approximate surface area is 157 Å². The molecule has 0 bridgehead atoms. The van der Waals surface area contributed by atoms with Crippen LogP contribution >= 0.6 is 22.9 Å². The summed E-state index contributed by atoms with van der Waals surface area (Å²) < 4.78 is 17.8. The van der Waals surface area contributed by atoms with Gasteiger partial charge in [0.2, 0.25) is 0 Å². The summed E-state index contributed by atoms with van der Waals surface area (Å²) in [6, 6.07) is 14.5. The lowest BCUT2D eigenvalue weighted by molar-refractivity contribution is 0.0922. The molecule has 130 valence electrons. The highest BCUT2D eigenvalue weighted by atomic mass is 35.5. The Balaban J connectivity index is 1.52. The van der Waals surface area contributed by atoms with Gasteiger partial charge in [-0.25, -0.2) is 0 Å². The van der Waals surface area contributed by atoms with E-state index in [1.807, 2.05) is 29.6 Å². The third kappa shape index (κ3) is 5.29. The van der Waals surface area contributed by atoms with Gasteiger partial charge in [-0.3, -0.25) is 9.00 Å². The van der Waals surface area contributed by atoms with Crippen molar-refractivity contribution in [3.05, 3.63) is 80.9 Å². The van der Waals surface area contributed by atoms with Crippen molar-refractivity contribution in [3.63, 3.8) is 0 Å². The van der Waals surface area contributed by atoms with Crippen LogP contribution < -0.4 is 5.32 Å². The number of carbonyl (C=O) groups is 1. The molecule has 0 fully saturated rings. The number of hydrogen-bond acceptors (Lipinski definition) is 4. The van der Waals surface area contributed by atoms with Crippen LogP contribution in [-0.4, -0.2) is 10.1 Å². The molecular weight excluding hydrogens is 378 g/mol. The van der Waals surface area contributed by atoms with Crippen LogP contribution in [0.25, 0.3) is 0 Å². The molecule has 3 rings (SSSR count). The molecular formula is C18H16ClNO3S2. The summed E-state index contributed by atoms with van der Waals surface area (Å²) >= 11 is 7.42. The minimum absolute atomic E-state index is 0.232. The molecule has 0 aliphatic rings. The van der Waals surface area contributed by atoms with Crippen LogP contribution in [0.5, 0.6) is 0 Å². The number of carbonyl (C=O) groups excluding carboxylic acids is 1. The van der Waals surface area contributed by atoms with E-state index in [4.69, 9.17) is 16.0 Å². The Morgan fingerprint density at radius 2 is 1.92 bits per heavy atom. The van der Waals surface area contributed by atoms with Gasteiger partial charge in [0.05, 0.1) is 12.3 Å². The van der Waals surface area contributed by atoms with Gasteiger partial charge in [-0.05, 0) is 41.3 Å². The summed E-state index contributed by atoms with van der Waals surface area (Å²) in [5.41, 5.74) is 0.947. The monoisotopic (exact) mass is 393 g/mol. The molecule has 0 radical (unpaired) electrons. The number of thiophene rings is 1. The predicted octanol–water partition coefficient (Wildman–Crippen LogP) is 4.37. The lowest BCUT2D eigenvalue weighted by Crippen LogP contribution is -2.21. The molecule has 1 atom stereocenters. The Hall–Kier alpha value is -1.89. The van der Waals surface area contributed by atoms with E-state index in [0.717, 1.165) is 10.4 Å². The molecule has 2 heterocycles. The number of halogens is 1. The van der Waals surface area contributed by atoms with Crippen molar-refractivity contribution in [1.29, 1.82) is 0 Å². The number of hydrogen-bond donors (Lipinski definition) is 1. The molecule has 7 heteroatoms. The molecule has 0 spiro atoms. The van der Waals surface area contributed by atoms with Crippen molar-refractivity contribution in [2.75, 3.05) is 0 Å². The minimum Gasteiger partial charge on any atom is -0.455 e. The molecule has 1 N–H and O–H groups in total. The molecule has 0 aliphatic carbocycles. The van der Waals surface area contributed by atoms with Crippen molar-refractivity contribution >= 4 is 39.6 Å². The molecule has 0 saturated heterocycles. The van der Waals surface area contributed by atoms with Crippen LogP contribution in [0.3, 0.4) is 0 Å². The van der Waals surface area contributed by atoms with E-state index in [2.05, 4.69) is 5.32 Å². The molecule has 0 aliphatic heterocycles. The topological polar surface area (TPSA) is 59.3 Å². The van der Waals surface area contributed by atoms with Crippen molar-refractivity contribution < 1.29 is 13.4 Å². The second kappa shape index (κ2) is 8.47. The first kappa shape index (κ1) is 17.9. The minimum atomic E-state index is -1.12. The van der Waals surface area contributed by atoms with E-state index in [0.29, 0.717) is 23.1 Å². The summed E-state index contributed by atoms with van der Waals surface area (Å²) in [5.74, 6) is 1.17. The zero-order valence-corrected chi connectivity index (χ0v) is 15.6. The lowest BCUT2D eigenvalue weighted by atomic mass is 10.2. The fraction of sp³-hybridized carbons (Fsp3) is 0.167. The van der Waals surface area contributed by atoms with Gasteiger partial charge in [-0.1, -0.05) is 29.8 Å². The highest BCUT2D eigenvalue weighted by Gasteiger charge is 2.13. The van der Waals surface area contributed by atoms with Crippen LogP contribution in [0, 0.1) is 0 Å². The van der Waals surface area contributed by atoms with Gasteiger partial charge in [-0.2, -0.15) is 0 Å². The van der Waals surface area contributed by atoms with E-state index in [-0.39, 0.29) is 17.4 Å². The van der Waals surface area contributed by atoms with Crippen LogP contribution in [0.1, 0.15) is 26.8 Å². The number of benzene rings is 1. The van der Waals surface area contributed by atoms with Gasteiger partial charge in [0, 0.05) is 26.5 Å². The second-order valence-corrected chi connectivity index (χ2v) is 8.31. The summed E-state index contributed by atoms with van der Waals surface area (Å²) in [5, 5.41) is 5.41. The Morgan fingerprint density at radius 1 is 1.12 bits per heavy atom. The van der Waals surface area contributed by atoms with Gasteiger partial charge in [0.1, 0.15) is 5.76 Å². The fourth-order valence-electron chi connectivity index (χ4n) is 2.22. The van der Waals surface area contributed by atoms with Gasteiger partial charge >= 0.3 is 0 Å². The van der Waals surface area contributed by atoms with E-state index in [1.54, 1.807) is 35.6 Å². The highest BCUT2D eigenvalue weighted by Crippen LogP contribution is 2.15. The third-order valence-electron chi connectivity index (χ3n) is 3.43. The zero-order chi connectivity index (χ0) is 17.6.